The van der Waals surface area contributed by atoms with E-state index in [0.717, 1.165) is 5.56 Å². The minimum absolute atomic E-state index is 0.0561. The molecule has 6 heteroatoms. The zero-order chi connectivity index (χ0) is 14.6. The van der Waals surface area contributed by atoms with Crippen LogP contribution < -0.4 is 5.73 Å². The number of oxime groups is 1. The molecule has 19 heavy (non-hydrogen) atoms. The third-order valence-corrected chi connectivity index (χ3v) is 3.00. The van der Waals surface area contributed by atoms with Crippen LogP contribution >= 0.6 is 0 Å². The molecule has 0 bridgehead atoms. The number of phenolic OH excluding ortho intramolecular Hbond substituents is 1. The van der Waals surface area contributed by atoms with Crippen LogP contribution in [0.5, 0.6) is 5.75 Å². The van der Waals surface area contributed by atoms with Crippen LogP contribution in [0.15, 0.2) is 23.4 Å². The van der Waals surface area contributed by atoms with Gasteiger partial charge in [-0.15, -0.1) is 0 Å². The molecule has 0 spiro atoms. The third-order valence-electron chi connectivity index (χ3n) is 3.00. The molecule has 4 N–H and O–H groups in total. The molecule has 0 aliphatic rings. The van der Waals surface area contributed by atoms with Crippen molar-refractivity contribution in [3.8, 4) is 5.75 Å². The summed E-state index contributed by atoms with van der Waals surface area (Å²) in [5, 5.41) is 21.1. The number of carbonyl (C=O) groups excluding carboxylic acids is 1. The van der Waals surface area contributed by atoms with E-state index in [4.69, 9.17) is 10.9 Å². The van der Waals surface area contributed by atoms with E-state index >= 15 is 0 Å². The monoisotopic (exact) mass is 265 g/mol. The Balaban J connectivity index is 2.90. The van der Waals surface area contributed by atoms with Gasteiger partial charge in [0.05, 0.1) is 5.56 Å². The maximum atomic E-state index is 12.3. The van der Waals surface area contributed by atoms with Crippen LogP contribution in [0.2, 0.25) is 0 Å². The van der Waals surface area contributed by atoms with Gasteiger partial charge in [0.1, 0.15) is 11.6 Å². The van der Waals surface area contributed by atoms with Crippen LogP contribution in [-0.2, 0) is 0 Å². The summed E-state index contributed by atoms with van der Waals surface area (Å²) in [6, 6.07) is 4.60. The Morgan fingerprint density at radius 2 is 2.16 bits per heavy atom. The average molecular weight is 265 g/mol. The number of aryl methyl sites for hydroxylation is 1. The number of aromatic hydroxyl groups is 1. The molecule has 104 valence electrons. The van der Waals surface area contributed by atoms with Gasteiger partial charge in [0.15, 0.2) is 0 Å². The van der Waals surface area contributed by atoms with Crippen molar-refractivity contribution in [2.45, 2.75) is 26.3 Å². The van der Waals surface area contributed by atoms with E-state index in [1.54, 1.807) is 26.1 Å². The highest BCUT2D eigenvalue weighted by molar-refractivity contribution is 5.97. The molecule has 1 aromatic rings. The number of nitrogens with two attached hydrogens (primary N) is 1. The second-order valence-corrected chi connectivity index (χ2v) is 4.58. The largest absolute Gasteiger partial charge is 0.507 e. The zero-order valence-corrected chi connectivity index (χ0v) is 11.3. The van der Waals surface area contributed by atoms with E-state index in [1.165, 1.54) is 11.0 Å². The van der Waals surface area contributed by atoms with E-state index < -0.39 is 0 Å². The number of carbonyl (C=O) groups is 1. The Kier molecular flexibility index (Phi) is 4.74. The molecule has 1 unspecified atom stereocenters. The van der Waals surface area contributed by atoms with Gasteiger partial charge in [0.25, 0.3) is 5.91 Å². The molecule has 0 aromatic heterocycles. The molecular weight excluding hydrogens is 246 g/mol. The average Bonchev–Trinajstić information content (AvgIpc) is 2.39. The first-order valence-electron chi connectivity index (χ1n) is 5.90. The van der Waals surface area contributed by atoms with Crippen molar-refractivity contribution < 1.29 is 15.1 Å². The smallest absolute Gasteiger partial charge is 0.257 e. The first-order chi connectivity index (χ1) is 8.86. The van der Waals surface area contributed by atoms with Gasteiger partial charge in [-0.1, -0.05) is 16.8 Å². The molecule has 1 rings (SSSR count). The first kappa shape index (κ1) is 14.8. The van der Waals surface area contributed by atoms with Gasteiger partial charge in [0, 0.05) is 19.5 Å². The summed E-state index contributed by atoms with van der Waals surface area (Å²) in [5.41, 5.74) is 6.55. The van der Waals surface area contributed by atoms with Gasteiger partial charge in [-0.05, 0) is 26.0 Å². The molecule has 0 radical (unpaired) electrons. The SMILES string of the molecule is Cc1ccc(O)c(C(=O)N(C)C(C)C/C(N)=N/O)c1. The standard InChI is InChI=1S/C13H19N3O3/c1-8-4-5-11(17)10(6-8)13(18)16(3)9(2)7-12(14)15-19/h4-6,9,17,19H,7H2,1-3H3,(H2,14,15). The molecule has 1 atom stereocenters. The molecule has 0 fully saturated rings. The molecule has 1 aromatic carbocycles. The van der Waals surface area contributed by atoms with Crippen molar-refractivity contribution in [1.82, 2.24) is 4.90 Å². The quantitative estimate of drug-likeness (QED) is 0.330. The molecule has 6 nitrogen and oxygen atoms in total. The molecule has 0 aliphatic heterocycles. The second kappa shape index (κ2) is 6.08. The highest BCUT2D eigenvalue weighted by Crippen LogP contribution is 2.20. The molecule has 0 saturated heterocycles. The summed E-state index contributed by atoms with van der Waals surface area (Å²) in [4.78, 5) is 13.7. The van der Waals surface area contributed by atoms with Crippen molar-refractivity contribution >= 4 is 11.7 Å². The first-order valence-corrected chi connectivity index (χ1v) is 5.90. The lowest BCUT2D eigenvalue weighted by Crippen LogP contribution is -2.37. The number of hydrogen-bond acceptors (Lipinski definition) is 4. The highest BCUT2D eigenvalue weighted by atomic mass is 16.4. The fourth-order valence-electron chi connectivity index (χ4n) is 1.69. The Bertz CT molecular complexity index is 500. The predicted octanol–water partition coefficient (Wildman–Crippen LogP) is 1.30. The van der Waals surface area contributed by atoms with Gasteiger partial charge >= 0.3 is 0 Å². The lowest BCUT2D eigenvalue weighted by atomic mass is 10.1. The summed E-state index contributed by atoms with van der Waals surface area (Å²) >= 11 is 0. The van der Waals surface area contributed by atoms with Gasteiger partial charge in [-0.2, -0.15) is 0 Å². The van der Waals surface area contributed by atoms with Crippen LogP contribution in [0.3, 0.4) is 0 Å². The highest BCUT2D eigenvalue weighted by Gasteiger charge is 2.21. The van der Waals surface area contributed by atoms with Crippen LogP contribution in [-0.4, -0.2) is 40.0 Å². The second-order valence-electron chi connectivity index (χ2n) is 4.58. The molecule has 1 amide bonds. The van der Waals surface area contributed by atoms with Gasteiger partial charge in [-0.25, -0.2) is 0 Å². The van der Waals surface area contributed by atoms with E-state index in [1.807, 2.05) is 6.92 Å². The van der Waals surface area contributed by atoms with E-state index in [-0.39, 0.29) is 35.5 Å². The maximum absolute atomic E-state index is 12.3. The topological polar surface area (TPSA) is 99.2 Å². The lowest BCUT2D eigenvalue weighted by Gasteiger charge is -2.25. The number of hydrogen-bond donors (Lipinski definition) is 3. The van der Waals surface area contributed by atoms with E-state index in [9.17, 15) is 9.90 Å². The Morgan fingerprint density at radius 1 is 1.53 bits per heavy atom. The third kappa shape index (κ3) is 3.61. The van der Waals surface area contributed by atoms with Gasteiger partial charge in [0.2, 0.25) is 0 Å². The van der Waals surface area contributed by atoms with E-state index in [2.05, 4.69) is 5.16 Å². The van der Waals surface area contributed by atoms with Gasteiger partial charge < -0.3 is 20.9 Å². The zero-order valence-electron chi connectivity index (χ0n) is 11.3. The molecule has 0 heterocycles. The number of nitrogens with zero attached hydrogens (tertiary/aromatic N) is 2. The molecular formula is C13H19N3O3. The maximum Gasteiger partial charge on any atom is 0.257 e. The van der Waals surface area contributed by atoms with Crippen LogP contribution in [0.25, 0.3) is 0 Å². The number of benzene rings is 1. The van der Waals surface area contributed by atoms with Gasteiger partial charge in [-0.3, -0.25) is 4.79 Å². The minimum Gasteiger partial charge on any atom is -0.507 e. The summed E-state index contributed by atoms with van der Waals surface area (Å²) in [5.74, 6) is -0.307. The number of amidine groups is 1. The summed E-state index contributed by atoms with van der Waals surface area (Å²) in [6.07, 6.45) is 0.255. The van der Waals surface area contributed by atoms with Crippen molar-refractivity contribution in [3.63, 3.8) is 0 Å². The fourth-order valence-corrected chi connectivity index (χ4v) is 1.69. The van der Waals surface area contributed by atoms with Crippen LogP contribution in [0, 0.1) is 6.92 Å². The predicted molar refractivity (Wildman–Crippen MR) is 72.4 cm³/mol. The fraction of sp³-hybridized carbons (Fsp3) is 0.385. The van der Waals surface area contributed by atoms with Crippen molar-refractivity contribution in [2.24, 2.45) is 10.9 Å². The lowest BCUT2D eigenvalue weighted by molar-refractivity contribution is 0.0744. The Morgan fingerprint density at radius 3 is 2.74 bits per heavy atom. The van der Waals surface area contributed by atoms with Crippen molar-refractivity contribution in [3.05, 3.63) is 29.3 Å². The Hall–Kier alpha value is -2.24. The Labute approximate surface area is 112 Å². The van der Waals surface area contributed by atoms with Crippen molar-refractivity contribution in [1.29, 1.82) is 0 Å². The van der Waals surface area contributed by atoms with Crippen molar-refractivity contribution in [2.75, 3.05) is 7.05 Å². The summed E-state index contributed by atoms with van der Waals surface area (Å²) in [6.45, 7) is 3.62. The van der Waals surface area contributed by atoms with Crippen LogP contribution in [0.1, 0.15) is 29.3 Å². The summed E-state index contributed by atoms with van der Waals surface area (Å²) in [7, 11) is 1.61. The summed E-state index contributed by atoms with van der Waals surface area (Å²) < 4.78 is 0. The number of rotatable bonds is 4. The molecule has 0 saturated carbocycles. The molecule has 0 aliphatic carbocycles. The van der Waals surface area contributed by atoms with E-state index in [0.29, 0.717) is 0 Å². The number of phenols is 1. The van der Waals surface area contributed by atoms with Crippen LogP contribution in [0.4, 0.5) is 0 Å². The normalized spacial score (nSPS) is 13.1. The number of amides is 1. The minimum atomic E-state index is -0.306.